The molecule has 2 aromatic rings. The number of hydrogen-bond acceptors (Lipinski definition) is 2. The van der Waals surface area contributed by atoms with Crippen LogP contribution in [0.4, 0.5) is 4.39 Å². The van der Waals surface area contributed by atoms with Gasteiger partial charge in [-0.2, -0.15) is 0 Å². The summed E-state index contributed by atoms with van der Waals surface area (Å²) in [5.41, 5.74) is 1.71. The first-order chi connectivity index (χ1) is 12.5. The number of hydrogen-bond donors (Lipinski definition) is 0. The molecule has 136 valence electrons. The normalized spacial score (nSPS) is 14.4. The van der Waals surface area contributed by atoms with Crippen LogP contribution in [0.1, 0.15) is 11.1 Å². The fourth-order valence-electron chi connectivity index (χ4n) is 2.98. The van der Waals surface area contributed by atoms with Crippen LogP contribution in [0.2, 0.25) is 5.02 Å². The Morgan fingerprint density at radius 3 is 1.58 bits per heavy atom. The molecule has 1 saturated heterocycles. The zero-order valence-electron chi connectivity index (χ0n) is 14.3. The van der Waals surface area contributed by atoms with E-state index in [2.05, 4.69) is 0 Å². The Morgan fingerprint density at radius 2 is 1.15 bits per heavy atom. The average Bonchev–Trinajstić information content (AvgIpc) is 2.65. The van der Waals surface area contributed by atoms with Crippen LogP contribution in [-0.2, 0) is 22.4 Å². The molecule has 2 amide bonds. The SMILES string of the molecule is O=C(Cc1ccc(F)cc1)N1CCN(C(=O)Cc2ccc(Cl)cc2)CC1. The van der Waals surface area contributed by atoms with Gasteiger partial charge in [-0.05, 0) is 35.4 Å². The number of carbonyl (C=O) groups excluding carboxylic acids is 2. The number of rotatable bonds is 4. The van der Waals surface area contributed by atoms with Crippen LogP contribution in [0.5, 0.6) is 0 Å². The molecular formula is C20H20ClFN2O2. The van der Waals surface area contributed by atoms with Gasteiger partial charge in [0.1, 0.15) is 5.82 Å². The minimum absolute atomic E-state index is 0.00130. The third kappa shape index (κ3) is 4.82. The van der Waals surface area contributed by atoms with E-state index in [-0.39, 0.29) is 24.1 Å². The summed E-state index contributed by atoms with van der Waals surface area (Å²) in [7, 11) is 0. The molecule has 1 heterocycles. The maximum Gasteiger partial charge on any atom is 0.227 e. The molecule has 0 N–H and O–H groups in total. The highest BCUT2D eigenvalue weighted by Crippen LogP contribution is 2.13. The second-order valence-corrected chi connectivity index (χ2v) is 6.80. The maximum atomic E-state index is 12.9. The van der Waals surface area contributed by atoms with Crippen LogP contribution in [0.15, 0.2) is 48.5 Å². The van der Waals surface area contributed by atoms with Gasteiger partial charge < -0.3 is 9.80 Å². The Kier molecular flexibility index (Phi) is 5.89. The summed E-state index contributed by atoms with van der Waals surface area (Å²) < 4.78 is 12.9. The lowest BCUT2D eigenvalue weighted by atomic mass is 10.1. The fourth-order valence-corrected chi connectivity index (χ4v) is 3.11. The molecule has 0 atom stereocenters. The number of benzene rings is 2. The quantitative estimate of drug-likeness (QED) is 0.825. The van der Waals surface area contributed by atoms with Crippen molar-refractivity contribution >= 4 is 23.4 Å². The molecule has 6 heteroatoms. The highest BCUT2D eigenvalue weighted by molar-refractivity contribution is 6.30. The molecule has 0 aromatic heterocycles. The van der Waals surface area contributed by atoms with E-state index in [0.717, 1.165) is 11.1 Å². The molecule has 0 bridgehead atoms. The van der Waals surface area contributed by atoms with Crippen LogP contribution in [-0.4, -0.2) is 47.8 Å². The lowest BCUT2D eigenvalue weighted by Crippen LogP contribution is -2.51. The third-order valence-electron chi connectivity index (χ3n) is 4.52. The van der Waals surface area contributed by atoms with Crippen LogP contribution < -0.4 is 0 Å². The second kappa shape index (κ2) is 8.32. The Balaban J connectivity index is 1.48. The first-order valence-corrected chi connectivity index (χ1v) is 8.93. The van der Waals surface area contributed by atoms with E-state index in [0.29, 0.717) is 37.6 Å². The van der Waals surface area contributed by atoms with E-state index < -0.39 is 0 Å². The molecule has 26 heavy (non-hydrogen) atoms. The van der Waals surface area contributed by atoms with Gasteiger partial charge in [0.05, 0.1) is 12.8 Å². The molecule has 0 unspecified atom stereocenters. The molecule has 0 spiro atoms. The summed E-state index contributed by atoms with van der Waals surface area (Å²) in [4.78, 5) is 28.3. The molecule has 1 aliphatic rings. The lowest BCUT2D eigenvalue weighted by molar-refractivity contribution is -0.138. The molecular weight excluding hydrogens is 355 g/mol. The summed E-state index contributed by atoms with van der Waals surface area (Å²) >= 11 is 5.86. The lowest BCUT2D eigenvalue weighted by Gasteiger charge is -2.35. The molecule has 1 fully saturated rings. The summed E-state index contributed by atoms with van der Waals surface area (Å²) in [6.45, 7) is 2.10. The van der Waals surface area contributed by atoms with E-state index in [4.69, 9.17) is 11.6 Å². The zero-order valence-corrected chi connectivity index (χ0v) is 15.1. The third-order valence-corrected chi connectivity index (χ3v) is 4.77. The molecule has 0 saturated carbocycles. The Bertz CT molecular complexity index is 702. The highest BCUT2D eigenvalue weighted by Gasteiger charge is 2.24. The molecule has 2 aromatic carbocycles. The number of carbonyl (C=O) groups is 2. The Labute approximate surface area is 157 Å². The van der Waals surface area contributed by atoms with Gasteiger partial charge in [-0.25, -0.2) is 4.39 Å². The second-order valence-electron chi connectivity index (χ2n) is 6.37. The van der Waals surface area contributed by atoms with Gasteiger partial charge in [-0.15, -0.1) is 0 Å². The topological polar surface area (TPSA) is 40.6 Å². The van der Waals surface area contributed by atoms with Crippen LogP contribution in [0.3, 0.4) is 0 Å². The van der Waals surface area contributed by atoms with E-state index in [1.54, 1.807) is 34.1 Å². The van der Waals surface area contributed by atoms with E-state index in [1.807, 2.05) is 12.1 Å². The van der Waals surface area contributed by atoms with Crippen molar-refractivity contribution in [2.75, 3.05) is 26.2 Å². The standard InChI is InChI=1S/C20H20ClFN2O2/c21-17-5-1-15(2-6-17)13-19(25)23-9-11-24(12-10-23)20(26)14-16-3-7-18(22)8-4-16/h1-8H,9-14H2. The average molecular weight is 375 g/mol. The summed E-state index contributed by atoms with van der Waals surface area (Å²) in [5.74, 6) is -0.256. The number of amides is 2. The largest absolute Gasteiger partial charge is 0.339 e. The molecule has 1 aliphatic heterocycles. The van der Waals surface area contributed by atoms with Gasteiger partial charge in [-0.1, -0.05) is 35.9 Å². The summed E-state index contributed by atoms with van der Waals surface area (Å²) in [6, 6.07) is 13.2. The number of halogens is 2. The van der Waals surface area contributed by atoms with Crippen LogP contribution in [0, 0.1) is 5.82 Å². The zero-order chi connectivity index (χ0) is 18.5. The summed E-state index contributed by atoms with van der Waals surface area (Å²) in [6.07, 6.45) is 0.583. The van der Waals surface area contributed by atoms with Gasteiger partial charge in [0, 0.05) is 31.2 Å². The van der Waals surface area contributed by atoms with Gasteiger partial charge >= 0.3 is 0 Å². The predicted molar refractivity (Wildman–Crippen MR) is 98.4 cm³/mol. The van der Waals surface area contributed by atoms with Crippen molar-refractivity contribution in [1.29, 1.82) is 0 Å². The molecule has 0 radical (unpaired) electrons. The molecule has 3 rings (SSSR count). The van der Waals surface area contributed by atoms with Crippen molar-refractivity contribution in [3.8, 4) is 0 Å². The first-order valence-electron chi connectivity index (χ1n) is 8.56. The smallest absolute Gasteiger partial charge is 0.227 e. The fraction of sp³-hybridized carbons (Fsp3) is 0.300. The number of piperazine rings is 1. The highest BCUT2D eigenvalue weighted by atomic mass is 35.5. The summed E-state index contributed by atoms with van der Waals surface area (Å²) in [5, 5.41) is 0.648. The first kappa shape index (κ1) is 18.4. The Morgan fingerprint density at radius 1 is 0.769 bits per heavy atom. The molecule has 4 nitrogen and oxygen atoms in total. The van der Waals surface area contributed by atoms with Crippen molar-refractivity contribution in [3.05, 3.63) is 70.5 Å². The monoisotopic (exact) mass is 374 g/mol. The van der Waals surface area contributed by atoms with Crippen molar-refractivity contribution in [2.24, 2.45) is 0 Å². The van der Waals surface area contributed by atoms with Gasteiger partial charge in [0.25, 0.3) is 0 Å². The van der Waals surface area contributed by atoms with E-state index >= 15 is 0 Å². The minimum atomic E-state index is -0.311. The van der Waals surface area contributed by atoms with Crippen molar-refractivity contribution in [2.45, 2.75) is 12.8 Å². The predicted octanol–water partition coefficient (Wildman–Crippen LogP) is 2.94. The van der Waals surface area contributed by atoms with E-state index in [1.165, 1.54) is 12.1 Å². The van der Waals surface area contributed by atoms with Crippen molar-refractivity contribution in [3.63, 3.8) is 0 Å². The van der Waals surface area contributed by atoms with Gasteiger partial charge in [-0.3, -0.25) is 9.59 Å². The van der Waals surface area contributed by atoms with Crippen LogP contribution in [0.25, 0.3) is 0 Å². The van der Waals surface area contributed by atoms with Crippen molar-refractivity contribution < 1.29 is 14.0 Å². The Hall–Kier alpha value is -2.40. The van der Waals surface area contributed by atoms with E-state index in [9.17, 15) is 14.0 Å². The van der Waals surface area contributed by atoms with Gasteiger partial charge in [0.15, 0.2) is 0 Å². The van der Waals surface area contributed by atoms with Crippen molar-refractivity contribution in [1.82, 2.24) is 9.80 Å². The number of nitrogens with zero attached hydrogens (tertiary/aromatic N) is 2. The molecule has 0 aliphatic carbocycles. The van der Waals surface area contributed by atoms with Gasteiger partial charge in [0.2, 0.25) is 11.8 Å². The van der Waals surface area contributed by atoms with Crippen LogP contribution >= 0.6 is 11.6 Å². The minimum Gasteiger partial charge on any atom is -0.339 e. The maximum absolute atomic E-state index is 12.9.